The van der Waals surface area contributed by atoms with E-state index in [9.17, 15) is 4.79 Å². The van der Waals surface area contributed by atoms with Gasteiger partial charge >= 0.3 is 0 Å². The number of amides is 1. The molecule has 0 fully saturated rings. The van der Waals surface area contributed by atoms with Gasteiger partial charge in [0.15, 0.2) is 0 Å². The second-order valence-corrected chi connectivity index (χ2v) is 7.73. The van der Waals surface area contributed by atoms with E-state index < -0.39 is 0 Å². The number of benzene rings is 2. The Bertz CT molecular complexity index is 760. The van der Waals surface area contributed by atoms with Crippen molar-refractivity contribution < 1.29 is 4.79 Å². The highest BCUT2D eigenvalue weighted by Gasteiger charge is 2.30. The molecule has 1 unspecified atom stereocenters. The van der Waals surface area contributed by atoms with E-state index >= 15 is 0 Å². The third-order valence-corrected chi connectivity index (χ3v) is 4.81. The highest BCUT2D eigenvalue weighted by atomic mass is 35.5. The third-order valence-electron chi connectivity index (χ3n) is 4.50. The molecule has 0 N–H and O–H groups in total. The van der Waals surface area contributed by atoms with Crippen LogP contribution in [0.25, 0.3) is 0 Å². The lowest BCUT2D eigenvalue weighted by Crippen LogP contribution is -2.39. The molecule has 1 atom stereocenters. The number of carbonyl (C=O) groups is 1. The summed E-state index contributed by atoms with van der Waals surface area (Å²) in [5.41, 5.74) is 3.88. The minimum atomic E-state index is -0.0125. The van der Waals surface area contributed by atoms with Crippen LogP contribution < -0.4 is 4.90 Å². The molecule has 2 aromatic carbocycles. The van der Waals surface area contributed by atoms with E-state index in [0.717, 1.165) is 22.4 Å². The van der Waals surface area contributed by atoms with E-state index in [1.165, 1.54) is 0 Å². The topological polar surface area (TPSA) is 20.3 Å². The highest BCUT2D eigenvalue weighted by Crippen LogP contribution is 2.35. The second-order valence-electron chi connectivity index (χ2n) is 7.32. The van der Waals surface area contributed by atoms with E-state index in [-0.39, 0.29) is 11.3 Å². The van der Waals surface area contributed by atoms with Gasteiger partial charge in [-0.15, -0.1) is 0 Å². The number of carbonyl (C=O) groups excluding carboxylic acids is 1. The average Bonchev–Trinajstić information content (AvgIpc) is 2.49. The molecule has 2 nitrogen and oxygen atoms in total. The monoisotopic (exact) mass is 327 g/mol. The Kier molecular flexibility index (Phi) is 3.97. The zero-order valence-corrected chi connectivity index (χ0v) is 14.8. The molecule has 1 heterocycles. The van der Waals surface area contributed by atoms with Gasteiger partial charge in [0.05, 0.1) is 0 Å². The number of halogens is 1. The summed E-state index contributed by atoms with van der Waals surface area (Å²) in [6, 6.07) is 13.8. The van der Waals surface area contributed by atoms with Crippen LogP contribution in [0.3, 0.4) is 0 Å². The number of hydrogen-bond donors (Lipinski definition) is 0. The second kappa shape index (κ2) is 5.68. The molecular formula is C20H22ClNO. The maximum atomic E-state index is 12.8. The zero-order chi connectivity index (χ0) is 16.8. The van der Waals surface area contributed by atoms with Gasteiger partial charge in [-0.2, -0.15) is 0 Å². The molecule has 0 saturated heterocycles. The van der Waals surface area contributed by atoms with Crippen molar-refractivity contribution in [3.05, 3.63) is 64.2 Å². The number of anilines is 1. The number of fused-ring (bicyclic) bond motifs is 1. The molecule has 1 amide bonds. The first-order valence-corrected chi connectivity index (χ1v) is 8.37. The minimum Gasteiger partial charge on any atom is -0.308 e. The first-order valence-electron chi connectivity index (χ1n) is 8.00. The Hall–Kier alpha value is -1.80. The Labute approximate surface area is 143 Å². The van der Waals surface area contributed by atoms with Crippen LogP contribution in [-0.2, 0) is 5.41 Å². The van der Waals surface area contributed by atoms with Gasteiger partial charge < -0.3 is 4.90 Å². The zero-order valence-electron chi connectivity index (χ0n) is 14.1. The van der Waals surface area contributed by atoms with Crippen molar-refractivity contribution in [2.24, 2.45) is 0 Å². The van der Waals surface area contributed by atoms with Crippen molar-refractivity contribution >= 4 is 23.2 Å². The van der Waals surface area contributed by atoms with Gasteiger partial charge in [0.1, 0.15) is 0 Å². The molecule has 0 radical (unpaired) electrons. The fourth-order valence-electron chi connectivity index (χ4n) is 3.22. The SMILES string of the molecule is CC1CN(c2ccc(C(C)(C)C)c(Cl)c2)C(=O)c2ccccc21. The van der Waals surface area contributed by atoms with Gasteiger partial charge in [0.2, 0.25) is 0 Å². The van der Waals surface area contributed by atoms with E-state index in [2.05, 4.69) is 27.7 Å². The van der Waals surface area contributed by atoms with Crippen LogP contribution in [0.2, 0.25) is 5.02 Å². The summed E-state index contributed by atoms with van der Waals surface area (Å²) in [5.74, 6) is 0.364. The maximum Gasteiger partial charge on any atom is 0.258 e. The van der Waals surface area contributed by atoms with Crippen molar-refractivity contribution in [3.63, 3.8) is 0 Å². The quantitative estimate of drug-likeness (QED) is 0.686. The third kappa shape index (κ3) is 2.88. The molecule has 120 valence electrons. The largest absolute Gasteiger partial charge is 0.308 e. The van der Waals surface area contributed by atoms with Crippen LogP contribution in [-0.4, -0.2) is 12.5 Å². The van der Waals surface area contributed by atoms with Crippen molar-refractivity contribution in [3.8, 4) is 0 Å². The highest BCUT2D eigenvalue weighted by molar-refractivity contribution is 6.32. The number of nitrogens with zero attached hydrogens (tertiary/aromatic N) is 1. The van der Waals surface area contributed by atoms with Gasteiger partial charge in [-0.25, -0.2) is 0 Å². The van der Waals surface area contributed by atoms with E-state index in [1.54, 1.807) is 0 Å². The molecule has 0 spiro atoms. The fraction of sp³-hybridized carbons (Fsp3) is 0.350. The normalized spacial score (nSPS) is 18.0. The molecule has 3 heteroatoms. The summed E-state index contributed by atoms with van der Waals surface area (Å²) in [7, 11) is 0. The lowest BCUT2D eigenvalue weighted by molar-refractivity contribution is 0.0977. The molecular weight excluding hydrogens is 306 g/mol. The van der Waals surface area contributed by atoms with Crippen molar-refractivity contribution in [2.75, 3.05) is 11.4 Å². The van der Waals surface area contributed by atoms with Crippen LogP contribution in [0.1, 0.15) is 55.1 Å². The minimum absolute atomic E-state index is 0.0125. The van der Waals surface area contributed by atoms with Crippen molar-refractivity contribution in [1.82, 2.24) is 0 Å². The molecule has 23 heavy (non-hydrogen) atoms. The summed E-state index contributed by atoms with van der Waals surface area (Å²) < 4.78 is 0. The number of hydrogen-bond acceptors (Lipinski definition) is 1. The summed E-state index contributed by atoms with van der Waals surface area (Å²) in [4.78, 5) is 14.7. The van der Waals surface area contributed by atoms with Crippen LogP contribution >= 0.6 is 11.6 Å². The summed E-state index contributed by atoms with van der Waals surface area (Å²) in [5, 5.41) is 0.717. The number of rotatable bonds is 1. The Morgan fingerprint density at radius 3 is 2.48 bits per heavy atom. The Balaban J connectivity index is 2.01. The van der Waals surface area contributed by atoms with Crippen LogP contribution in [0.4, 0.5) is 5.69 Å². The predicted molar refractivity (Wildman–Crippen MR) is 96.7 cm³/mol. The van der Waals surface area contributed by atoms with E-state index in [4.69, 9.17) is 11.6 Å². The molecule has 0 bridgehead atoms. The van der Waals surface area contributed by atoms with E-state index in [1.807, 2.05) is 47.4 Å². The molecule has 0 aromatic heterocycles. The predicted octanol–water partition coefficient (Wildman–Crippen LogP) is 5.40. The van der Waals surface area contributed by atoms with Gasteiger partial charge in [0, 0.05) is 22.8 Å². The smallest absolute Gasteiger partial charge is 0.258 e. The lowest BCUT2D eigenvalue weighted by atomic mass is 9.86. The maximum absolute atomic E-state index is 12.8. The van der Waals surface area contributed by atoms with E-state index in [0.29, 0.717) is 17.5 Å². The Morgan fingerprint density at radius 2 is 1.83 bits per heavy atom. The van der Waals surface area contributed by atoms with Crippen molar-refractivity contribution in [2.45, 2.75) is 39.0 Å². The van der Waals surface area contributed by atoms with Gasteiger partial charge in [0.25, 0.3) is 5.91 Å². The van der Waals surface area contributed by atoms with Crippen molar-refractivity contribution in [1.29, 1.82) is 0 Å². The van der Waals surface area contributed by atoms with Crippen LogP contribution in [0, 0.1) is 0 Å². The van der Waals surface area contributed by atoms with Gasteiger partial charge in [-0.1, -0.05) is 63.6 Å². The summed E-state index contributed by atoms with van der Waals surface area (Å²) in [6.07, 6.45) is 0. The summed E-state index contributed by atoms with van der Waals surface area (Å²) in [6.45, 7) is 9.25. The molecule has 1 aliphatic rings. The van der Waals surface area contributed by atoms with Gasteiger partial charge in [-0.05, 0) is 40.7 Å². The standard InChI is InChI=1S/C20H22ClNO/c1-13-12-22(19(23)16-8-6-5-7-15(13)16)14-9-10-17(18(21)11-14)20(2,3)4/h5-11,13H,12H2,1-4H3. The summed E-state index contributed by atoms with van der Waals surface area (Å²) >= 11 is 6.48. The van der Waals surface area contributed by atoms with Gasteiger partial charge in [-0.3, -0.25) is 4.79 Å². The fourth-order valence-corrected chi connectivity index (χ4v) is 3.68. The molecule has 2 aromatic rings. The molecule has 1 aliphatic heterocycles. The van der Waals surface area contributed by atoms with Crippen LogP contribution in [0.15, 0.2) is 42.5 Å². The molecule has 0 saturated carbocycles. The van der Waals surface area contributed by atoms with Crippen LogP contribution in [0.5, 0.6) is 0 Å². The first kappa shape index (κ1) is 16.1. The lowest BCUT2D eigenvalue weighted by Gasteiger charge is -2.33. The average molecular weight is 328 g/mol. The molecule has 0 aliphatic carbocycles. The Morgan fingerprint density at radius 1 is 1.13 bits per heavy atom. The molecule has 3 rings (SSSR count). The first-order chi connectivity index (χ1) is 10.8.